The number of rotatable bonds is 11. The molecular weight excluding hydrogens is 511 g/mol. The van der Waals surface area contributed by atoms with Crippen molar-refractivity contribution in [3.8, 4) is 5.75 Å². The molecule has 0 saturated heterocycles. The second kappa shape index (κ2) is 13.1. The maximum absolute atomic E-state index is 14.7. The molecule has 9 nitrogen and oxygen atoms in total. The Bertz CT molecular complexity index is 1220. The quantitative estimate of drug-likeness (QED) is 0.465. The lowest BCUT2D eigenvalue weighted by molar-refractivity contribution is -0.139. The summed E-state index contributed by atoms with van der Waals surface area (Å²) in [6.45, 7) is 0.957. The number of amides is 2. The van der Waals surface area contributed by atoms with E-state index in [1.807, 2.05) is 0 Å². The molecule has 208 valence electrons. The van der Waals surface area contributed by atoms with Crippen molar-refractivity contribution < 1.29 is 27.1 Å². The van der Waals surface area contributed by atoms with Gasteiger partial charge in [-0.15, -0.1) is 0 Å². The van der Waals surface area contributed by atoms with E-state index < -0.39 is 34.5 Å². The molecule has 1 aliphatic carbocycles. The molecule has 1 aliphatic rings. The molecule has 0 spiro atoms. The maximum atomic E-state index is 14.7. The number of carbonyl (C=O) groups excluding carboxylic acids is 2. The molecule has 1 atom stereocenters. The highest BCUT2D eigenvalue weighted by Crippen LogP contribution is 2.24. The lowest BCUT2D eigenvalue weighted by Gasteiger charge is -2.34. The molecule has 1 N–H and O–H groups in total. The molecule has 38 heavy (non-hydrogen) atoms. The number of nitrogens with one attached hydrogen (secondary N) is 1. The summed E-state index contributed by atoms with van der Waals surface area (Å²) in [5, 5.41) is 3.05. The lowest BCUT2D eigenvalue weighted by atomic mass is 9.95. The van der Waals surface area contributed by atoms with E-state index in [1.54, 1.807) is 31.2 Å². The number of methoxy groups -OCH3 is 1. The van der Waals surface area contributed by atoms with Crippen LogP contribution >= 0.6 is 0 Å². The average Bonchev–Trinajstić information content (AvgIpc) is 2.90. The van der Waals surface area contributed by atoms with Crippen LogP contribution in [0.5, 0.6) is 5.75 Å². The third-order valence-corrected chi connectivity index (χ3v) is 8.55. The van der Waals surface area contributed by atoms with Crippen LogP contribution < -0.4 is 14.4 Å². The molecule has 0 aliphatic heterocycles. The van der Waals surface area contributed by atoms with E-state index in [4.69, 9.17) is 4.74 Å². The Morgan fingerprint density at radius 1 is 1.08 bits per heavy atom. The normalized spacial score (nSPS) is 15.1. The van der Waals surface area contributed by atoms with E-state index in [-0.39, 0.29) is 24.2 Å². The zero-order valence-electron chi connectivity index (χ0n) is 22.4. The van der Waals surface area contributed by atoms with Crippen LogP contribution in [0.3, 0.4) is 0 Å². The van der Waals surface area contributed by atoms with Crippen LogP contribution in [0.2, 0.25) is 0 Å². The van der Waals surface area contributed by atoms with Gasteiger partial charge >= 0.3 is 10.2 Å². The van der Waals surface area contributed by atoms with E-state index in [0.717, 1.165) is 46.8 Å². The van der Waals surface area contributed by atoms with Gasteiger partial charge in [0, 0.05) is 26.7 Å². The second-order valence-corrected chi connectivity index (χ2v) is 11.7. The van der Waals surface area contributed by atoms with Crippen LogP contribution in [0.4, 0.5) is 10.1 Å². The zero-order chi connectivity index (χ0) is 27.9. The van der Waals surface area contributed by atoms with Crippen LogP contribution in [0.25, 0.3) is 0 Å². The summed E-state index contributed by atoms with van der Waals surface area (Å²) in [5.74, 6) is -1.17. The minimum Gasteiger partial charge on any atom is -0.497 e. The molecule has 2 aromatic carbocycles. The van der Waals surface area contributed by atoms with Crippen molar-refractivity contribution in [3.05, 3.63) is 59.9 Å². The molecule has 1 unspecified atom stereocenters. The predicted molar refractivity (Wildman–Crippen MR) is 144 cm³/mol. The first kappa shape index (κ1) is 29.4. The second-order valence-electron chi connectivity index (χ2n) is 9.64. The fourth-order valence-corrected chi connectivity index (χ4v) is 5.54. The molecular formula is C27H37FN4O5S. The molecule has 3 rings (SSSR count). The highest BCUT2D eigenvalue weighted by Gasteiger charge is 2.34. The first-order chi connectivity index (χ1) is 18.0. The summed E-state index contributed by atoms with van der Waals surface area (Å²) in [5.41, 5.74) is 0.443. The molecule has 0 heterocycles. The topological polar surface area (TPSA) is 99.3 Å². The van der Waals surface area contributed by atoms with Crippen molar-refractivity contribution in [2.75, 3.05) is 32.1 Å². The first-order valence-electron chi connectivity index (χ1n) is 12.7. The highest BCUT2D eigenvalue weighted by atomic mass is 32.2. The van der Waals surface area contributed by atoms with Crippen molar-refractivity contribution in [2.24, 2.45) is 0 Å². The van der Waals surface area contributed by atoms with Crippen molar-refractivity contribution in [2.45, 2.75) is 57.7 Å². The molecule has 2 aromatic rings. The molecule has 1 saturated carbocycles. The number of nitrogens with zero attached hydrogens (tertiary/aromatic N) is 3. The minimum absolute atomic E-state index is 0.0302. The van der Waals surface area contributed by atoms with Crippen LogP contribution in [0.15, 0.2) is 48.5 Å². The molecule has 0 radical (unpaired) electrons. The van der Waals surface area contributed by atoms with Gasteiger partial charge in [-0.05, 0) is 49.6 Å². The van der Waals surface area contributed by atoms with Crippen LogP contribution in [0.1, 0.15) is 44.6 Å². The number of hydrogen-bond acceptors (Lipinski definition) is 5. The monoisotopic (exact) mass is 548 g/mol. The average molecular weight is 549 g/mol. The summed E-state index contributed by atoms with van der Waals surface area (Å²) in [7, 11) is -0.0933. The summed E-state index contributed by atoms with van der Waals surface area (Å²) in [4.78, 5) is 28.4. The largest absolute Gasteiger partial charge is 0.497 e. The number of ether oxygens (including phenoxy) is 1. The smallest absolute Gasteiger partial charge is 0.304 e. The zero-order valence-corrected chi connectivity index (χ0v) is 23.2. The van der Waals surface area contributed by atoms with Crippen molar-refractivity contribution in [1.29, 1.82) is 0 Å². The third-order valence-electron chi connectivity index (χ3n) is 6.75. The van der Waals surface area contributed by atoms with Crippen molar-refractivity contribution in [1.82, 2.24) is 14.5 Å². The number of halogens is 1. The number of hydrogen-bond donors (Lipinski definition) is 1. The lowest BCUT2D eigenvalue weighted by Crippen LogP contribution is -2.53. The van der Waals surface area contributed by atoms with Gasteiger partial charge in [-0.3, -0.25) is 9.59 Å². The Labute approximate surface area is 224 Å². The van der Waals surface area contributed by atoms with Gasteiger partial charge in [0.15, 0.2) is 0 Å². The summed E-state index contributed by atoms with van der Waals surface area (Å²) >= 11 is 0. The Morgan fingerprint density at radius 3 is 2.39 bits per heavy atom. The minimum atomic E-state index is -4.24. The molecule has 0 bridgehead atoms. The van der Waals surface area contributed by atoms with Gasteiger partial charge in [-0.1, -0.05) is 43.5 Å². The number of carbonyl (C=O) groups is 2. The first-order valence-corrected chi connectivity index (χ1v) is 14.1. The standard InChI is InChI=1S/C27H37FN4O5S/c1-20(27(34)29-22-12-6-5-7-13-22)31(18-21-11-10-14-23(17-21)37-4)26(33)19-32(38(35,36)30(2)3)25-16-9-8-15-24(25)28/h8-11,14-17,20,22H,5-7,12-13,18-19H2,1-4H3,(H,29,34). The third kappa shape index (κ3) is 7.22. The van der Waals surface area contributed by atoms with Gasteiger partial charge < -0.3 is 15.0 Å². The fraction of sp³-hybridized carbons (Fsp3) is 0.481. The van der Waals surface area contributed by atoms with Crippen LogP contribution in [-0.2, 0) is 26.3 Å². The molecule has 2 amide bonds. The Balaban J connectivity index is 1.94. The Hall–Kier alpha value is -3.18. The van der Waals surface area contributed by atoms with Crippen molar-refractivity contribution in [3.63, 3.8) is 0 Å². The van der Waals surface area contributed by atoms with Crippen LogP contribution in [0, 0.1) is 5.82 Å². The van der Waals surface area contributed by atoms with Gasteiger partial charge in [0.2, 0.25) is 11.8 Å². The number of anilines is 1. The van der Waals surface area contributed by atoms with Gasteiger partial charge in [0.1, 0.15) is 24.2 Å². The Morgan fingerprint density at radius 2 is 1.76 bits per heavy atom. The Kier molecular flexibility index (Phi) is 10.1. The van der Waals surface area contributed by atoms with Gasteiger partial charge in [-0.25, -0.2) is 8.70 Å². The van der Waals surface area contributed by atoms with E-state index >= 15 is 0 Å². The molecule has 1 fully saturated rings. The summed E-state index contributed by atoms with van der Waals surface area (Å²) in [6.07, 6.45) is 4.96. The summed E-state index contributed by atoms with van der Waals surface area (Å²) in [6, 6.07) is 11.6. The van der Waals surface area contributed by atoms with E-state index in [2.05, 4.69) is 5.32 Å². The molecule has 11 heteroatoms. The predicted octanol–water partition coefficient (Wildman–Crippen LogP) is 3.31. The van der Waals surface area contributed by atoms with Gasteiger partial charge in [0.05, 0.1) is 12.8 Å². The van der Waals surface area contributed by atoms with Crippen molar-refractivity contribution >= 4 is 27.7 Å². The number of benzene rings is 2. The van der Waals surface area contributed by atoms with Gasteiger partial charge in [0.25, 0.3) is 0 Å². The molecule has 0 aromatic heterocycles. The highest BCUT2D eigenvalue weighted by molar-refractivity contribution is 7.90. The van der Waals surface area contributed by atoms with E-state index in [9.17, 15) is 22.4 Å². The SMILES string of the molecule is COc1cccc(CN(C(=O)CN(c2ccccc2F)S(=O)(=O)N(C)C)C(C)C(=O)NC2CCCCC2)c1. The maximum Gasteiger partial charge on any atom is 0.304 e. The summed E-state index contributed by atoms with van der Waals surface area (Å²) < 4.78 is 48.0. The van der Waals surface area contributed by atoms with E-state index in [1.165, 1.54) is 44.3 Å². The van der Waals surface area contributed by atoms with Gasteiger partial charge in [-0.2, -0.15) is 12.7 Å². The number of para-hydroxylation sites is 1. The van der Waals surface area contributed by atoms with Crippen LogP contribution in [-0.4, -0.2) is 69.3 Å². The fourth-order valence-electron chi connectivity index (χ4n) is 4.47. The van der Waals surface area contributed by atoms with E-state index in [0.29, 0.717) is 11.3 Å².